The minimum atomic E-state index is -0.314. The van der Waals surface area contributed by atoms with Gasteiger partial charge in [-0.05, 0) is 162 Å². The third-order valence-electron chi connectivity index (χ3n) is 18.5. The molecule has 15 rings (SSSR count). The quantitative estimate of drug-likeness (QED) is 0.162. The number of anilines is 2. The van der Waals surface area contributed by atoms with Crippen LogP contribution < -0.4 is 15.9 Å². The van der Waals surface area contributed by atoms with Crippen LogP contribution in [0.2, 0.25) is 0 Å². The molecule has 0 saturated carbocycles. The van der Waals surface area contributed by atoms with Gasteiger partial charge >= 0.3 is 6.85 Å². The van der Waals surface area contributed by atoms with Crippen LogP contribution in [0, 0.1) is 0 Å². The van der Waals surface area contributed by atoms with Gasteiger partial charge in [-0.15, -0.1) is 0 Å². The maximum Gasteiger partial charge on any atom is 0.375 e. The monoisotopic (exact) mass is 962 g/mol. The second-order valence-corrected chi connectivity index (χ2v) is 26.3. The van der Waals surface area contributed by atoms with Crippen LogP contribution >= 0.6 is 0 Å². The first-order valence-corrected chi connectivity index (χ1v) is 27.1. The van der Waals surface area contributed by atoms with Crippen molar-refractivity contribution >= 4 is 84.1 Å². The lowest BCUT2D eigenvalue weighted by Crippen LogP contribution is -2.60. The zero-order valence-electron chi connectivity index (χ0n) is 45.0. The molecule has 0 N–H and O–H groups in total. The van der Waals surface area contributed by atoms with Gasteiger partial charge in [0.1, 0.15) is 22.4 Å². The van der Waals surface area contributed by atoms with Crippen molar-refractivity contribution in [3.8, 4) is 39.1 Å². The summed E-state index contributed by atoms with van der Waals surface area (Å²) in [6.45, 7) is 28.3. The fourth-order valence-electron chi connectivity index (χ4n) is 14.3. The van der Waals surface area contributed by atoms with Crippen LogP contribution in [0.4, 0.5) is 11.4 Å². The molecule has 0 atom stereocenters. The molecule has 3 aromatic heterocycles. The topological polar surface area (TPSA) is 34.5 Å². The van der Waals surface area contributed by atoms with Gasteiger partial charge in [0.2, 0.25) is 0 Å². The number of aromatic nitrogens is 1. The highest BCUT2D eigenvalue weighted by Gasteiger charge is 2.52. The van der Waals surface area contributed by atoms with E-state index in [2.05, 4.69) is 232 Å². The fraction of sp³-hybridized carbons (Fsp3) is 0.275. The number of nitrogens with zero attached hydrogens (tertiary/aromatic N) is 2. The largest absolute Gasteiger partial charge is 0.466 e. The Balaban J connectivity index is 1.16. The molecule has 0 bridgehead atoms. The van der Waals surface area contributed by atoms with Gasteiger partial charge in [-0.2, -0.15) is 0 Å². The number of hydrogen-bond acceptors (Lipinski definition) is 3. The van der Waals surface area contributed by atoms with Gasteiger partial charge in [-0.25, -0.2) is 0 Å². The molecule has 2 aliphatic heterocycles. The normalized spacial score (nSPS) is 16.8. The van der Waals surface area contributed by atoms with Gasteiger partial charge in [-0.1, -0.05) is 162 Å². The SMILES string of the molecule is CC(C)(C)c1ccc(N2B3c4oc5ccc(-c6ccccc6)cc5c4-n4c5ccc(C(C)(C)C)cc5c5c6c(c(c3c54)-c3cc4oc5cc7c(cc5c4cc32)C(C)(C)CCC7(C)C)-c2ccccc2C6(C)C)cc1. The van der Waals surface area contributed by atoms with Crippen LogP contribution in [0.5, 0.6) is 0 Å². The van der Waals surface area contributed by atoms with Crippen LogP contribution in [-0.4, -0.2) is 11.4 Å². The lowest BCUT2D eigenvalue weighted by atomic mass is 9.45. The summed E-state index contributed by atoms with van der Waals surface area (Å²) < 4.78 is 17.5. The lowest BCUT2D eigenvalue weighted by Gasteiger charge is -2.42. The molecule has 0 unspecified atom stereocenters. The molecule has 5 heterocycles. The lowest BCUT2D eigenvalue weighted by molar-refractivity contribution is 0.332. The number of rotatable bonds is 2. The van der Waals surface area contributed by atoms with Crippen molar-refractivity contribution in [1.29, 1.82) is 0 Å². The molecule has 0 amide bonds. The Morgan fingerprint density at radius 2 is 1.18 bits per heavy atom. The van der Waals surface area contributed by atoms with Crippen LogP contribution in [-0.2, 0) is 27.1 Å². The van der Waals surface area contributed by atoms with Crippen LogP contribution in [0.25, 0.3) is 93.8 Å². The van der Waals surface area contributed by atoms with E-state index in [9.17, 15) is 0 Å². The summed E-state index contributed by atoms with van der Waals surface area (Å²) in [5.74, 6) is 0. The zero-order chi connectivity index (χ0) is 50.9. The first-order chi connectivity index (χ1) is 35.2. The van der Waals surface area contributed by atoms with E-state index in [0.29, 0.717) is 0 Å². The van der Waals surface area contributed by atoms with Crippen LogP contribution in [0.15, 0.2) is 148 Å². The molecule has 8 aromatic carbocycles. The summed E-state index contributed by atoms with van der Waals surface area (Å²) in [7, 11) is 0. The Morgan fingerprint density at radius 3 is 1.91 bits per heavy atom. The molecule has 2 aliphatic carbocycles. The van der Waals surface area contributed by atoms with Gasteiger partial charge in [0.25, 0.3) is 0 Å². The number of furan rings is 2. The molecule has 364 valence electrons. The average Bonchev–Trinajstić information content (AvgIpc) is 4.17. The Labute approximate surface area is 435 Å². The van der Waals surface area contributed by atoms with E-state index >= 15 is 0 Å². The van der Waals surface area contributed by atoms with Crippen LogP contribution in [0.1, 0.15) is 129 Å². The van der Waals surface area contributed by atoms with E-state index in [1.165, 1.54) is 105 Å². The Hall–Kier alpha value is -7.24. The van der Waals surface area contributed by atoms with Crippen molar-refractivity contribution < 1.29 is 8.83 Å². The number of hydrogen-bond donors (Lipinski definition) is 0. The predicted molar refractivity (Wildman–Crippen MR) is 313 cm³/mol. The molecular weight excluding hydrogens is 900 g/mol. The molecule has 5 heteroatoms. The molecule has 74 heavy (non-hydrogen) atoms. The molecule has 0 radical (unpaired) electrons. The van der Waals surface area contributed by atoms with E-state index in [-0.39, 0.29) is 33.9 Å². The first-order valence-electron chi connectivity index (χ1n) is 27.1. The summed E-state index contributed by atoms with van der Waals surface area (Å²) in [5, 5.41) is 6.09. The smallest absolute Gasteiger partial charge is 0.375 e. The van der Waals surface area contributed by atoms with Crippen molar-refractivity contribution in [3.63, 3.8) is 0 Å². The van der Waals surface area contributed by atoms with Crippen molar-refractivity contribution in [2.45, 2.75) is 123 Å². The molecule has 0 fully saturated rings. The summed E-state index contributed by atoms with van der Waals surface area (Å²) in [5.41, 5.74) is 26.4. The van der Waals surface area contributed by atoms with Crippen molar-refractivity contribution in [3.05, 3.63) is 173 Å². The highest BCUT2D eigenvalue weighted by molar-refractivity contribution is 6.93. The summed E-state index contributed by atoms with van der Waals surface area (Å²) in [6.07, 6.45) is 2.30. The molecular formula is C69H63BN2O2. The van der Waals surface area contributed by atoms with E-state index in [0.717, 1.165) is 57.4 Å². The number of benzene rings is 8. The summed E-state index contributed by atoms with van der Waals surface area (Å²) in [4.78, 5) is 2.65. The van der Waals surface area contributed by atoms with E-state index in [1.54, 1.807) is 0 Å². The van der Waals surface area contributed by atoms with E-state index in [4.69, 9.17) is 8.83 Å². The van der Waals surface area contributed by atoms with Gasteiger partial charge in [0.15, 0.2) is 0 Å². The second kappa shape index (κ2) is 14.1. The van der Waals surface area contributed by atoms with Gasteiger partial charge in [0.05, 0.1) is 16.7 Å². The first kappa shape index (κ1) is 44.3. The van der Waals surface area contributed by atoms with Gasteiger partial charge in [-0.3, -0.25) is 0 Å². The average molecular weight is 963 g/mol. The highest BCUT2D eigenvalue weighted by atomic mass is 16.3. The molecule has 0 spiro atoms. The van der Waals surface area contributed by atoms with Gasteiger partial charge in [0, 0.05) is 49.3 Å². The summed E-state index contributed by atoms with van der Waals surface area (Å²) >= 11 is 0. The predicted octanol–water partition coefficient (Wildman–Crippen LogP) is 17.6. The second-order valence-electron chi connectivity index (χ2n) is 26.3. The Bertz CT molecular complexity index is 4290. The minimum Gasteiger partial charge on any atom is -0.466 e. The highest BCUT2D eigenvalue weighted by Crippen LogP contribution is 2.60. The third kappa shape index (κ3) is 5.71. The van der Waals surface area contributed by atoms with Crippen molar-refractivity contribution in [2.24, 2.45) is 0 Å². The molecule has 4 nitrogen and oxygen atoms in total. The Morgan fingerprint density at radius 1 is 0.514 bits per heavy atom. The maximum atomic E-state index is 7.60. The standard InChI is InChI=1S/C69H63BN2O2/c1-65(2,3)40-23-26-42(27-24-40)72-53-35-45-44-34-50-51(68(9,10)31-30-67(50,7)8)37-56(44)73-55(45)36-47(53)58-57-43-20-16-17-21-49(43)69(11,12)60(57)59-46-33-41(66(4,5)6)25-28-52(46)71-62-48-32-39(38-18-14-13-15-19-38)22-29-54(48)74-64(62)70(72)61(58)63(59)71/h13-29,32-37H,30-31H2,1-12H3. The summed E-state index contributed by atoms with van der Waals surface area (Å²) in [6, 6.07) is 53.4. The minimum absolute atomic E-state index is 0.0126. The maximum absolute atomic E-state index is 7.60. The zero-order valence-corrected chi connectivity index (χ0v) is 45.0. The van der Waals surface area contributed by atoms with Crippen LogP contribution in [0.3, 0.4) is 0 Å². The molecule has 0 saturated heterocycles. The molecule has 4 aliphatic rings. The Kier molecular flexibility index (Phi) is 8.45. The van der Waals surface area contributed by atoms with E-state index in [1.807, 2.05) is 0 Å². The third-order valence-corrected chi connectivity index (χ3v) is 18.5. The van der Waals surface area contributed by atoms with Gasteiger partial charge < -0.3 is 18.2 Å². The van der Waals surface area contributed by atoms with E-state index < -0.39 is 0 Å². The van der Waals surface area contributed by atoms with Crippen molar-refractivity contribution in [1.82, 2.24) is 4.57 Å². The molecule has 11 aromatic rings. The number of fused-ring (bicyclic) bond motifs is 19. The fourth-order valence-corrected chi connectivity index (χ4v) is 14.3. The van der Waals surface area contributed by atoms with Crippen molar-refractivity contribution in [2.75, 3.05) is 4.81 Å².